The Bertz CT molecular complexity index is 1210. The van der Waals surface area contributed by atoms with E-state index in [9.17, 15) is 14.0 Å². The van der Waals surface area contributed by atoms with Crippen molar-refractivity contribution in [1.82, 2.24) is 24.9 Å². The third kappa shape index (κ3) is 4.98. The Balaban J connectivity index is 1.54. The van der Waals surface area contributed by atoms with Crippen LogP contribution in [0.25, 0.3) is 11.6 Å². The number of carbonyl (C=O) groups excluding carboxylic acids is 1. The van der Waals surface area contributed by atoms with Gasteiger partial charge in [-0.2, -0.15) is 4.39 Å². The number of rotatable bonds is 7. The number of carboxylic acid groups (broad SMARTS) is 1. The zero-order chi connectivity index (χ0) is 24.2. The Hall–Kier alpha value is -4.02. The van der Waals surface area contributed by atoms with Crippen LogP contribution in [0.15, 0.2) is 36.8 Å². The van der Waals surface area contributed by atoms with Gasteiger partial charge in [0.2, 0.25) is 11.9 Å². The summed E-state index contributed by atoms with van der Waals surface area (Å²) in [7, 11) is 1.54. The Morgan fingerprint density at radius 3 is 2.65 bits per heavy atom. The highest BCUT2D eigenvalue weighted by molar-refractivity contribution is 5.93. The fourth-order valence-corrected chi connectivity index (χ4v) is 3.91. The number of aliphatic carboxylic acids is 1. The summed E-state index contributed by atoms with van der Waals surface area (Å²) in [6, 6.07) is 4.40. The molecule has 3 aromatic rings. The van der Waals surface area contributed by atoms with E-state index in [1.165, 1.54) is 18.0 Å². The highest BCUT2D eigenvalue weighted by Gasteiger charge is 2.28. The Kier molecular flexibility index (Phi) is 6.71. The maximum atomic E-state index is 14.4. The fourth-order valence-electron chi connectivity index (χ4n) is 3.91. The second kappa shape index (κ2) is 9.86. The number of amides is 1. The molecule has 0 aliphatic carbocycles. The van der Waals surface area contributed by atoms with Crippen LogP contribution in [-0.2, 0) is 16.0 Å². The summed E-state index contributed by atoms with van der Waals surface area (Å²) in [6.07, 6.45) is 5.78. The zero-order valence-electron chi connectivity index (χ0n) is 18.8. The molecule has 1 aliphatic rings. The standard InChI is InChI=1S/C23H24FN7O3/c1-14-16-13-27-23(22-25-8-4-9-26-22)28-17(16)7-10-31(14)19-12-15(11-18(24)29-19)30(2)20(32)5-3-6-21(33)34/h4,8-9,11-14H,3,5-7,10H2,1-2H3,(H,33,34). The van der Waals surface area contributed by atoms with Crippen molar-refractivity contribution in [3.8, 4) is 11.6 Å². The van der Waals surface area contributed by atoms with Gasteiger partial charge in [-0.3, -0.25) is 9.59 Å². The first-order valence-electron chi connectivity index (χ1n) is 10.9. The van der Waals surface area contributed by atoms with Crippen molar-refractivity contribution in [2.24, 2.45) is 0 Å². The van der Waals surface area contributed by atoms with Gasteiger partial charge in [-0.25, -0.2) is 24.9 Å². The van der Waals surface area contributed by atoms with Crippen LogP contribution in [-0.4, -0.2) is 55.5 Å². The van der Waals surface area contributed by atoms with Crippen molar-refractivity contribution in [1.29, 1.82) is 0 Å². The third-order valence-electron chi connectivity index (χ3n) is 5.78. The van der Waals surface area contributed by atoms with Crippen LogP contribution in [0.5, 0.6) is 0 Å². The second-order valence-electron chi connectivity index (χ2n) is 7.99. The number of pyridine rings is 1. The topological polar surface area (TPSA) is 125 Å². The average molecular weight is 465 g/mol. The molecule has 0 bridgehead atoms. The smallest absolute Gasteiger partial charge is 0.303 e. The minimum atomic E-state index is -0.959. The molecule has 0 saturated carbocycles. The van der Waals surface area contributed by atoms with Crippen LogP contribution >= 0.6 is 0 Å². The minimum absolute atomic E-state index is 0.0559. The van der Waals surface area contributed by atoms with Gasteiger partial charge >= 0.3 is 5.97 Å². The van der Waals surface area contributed by atoms with E-state index in [4.69, 9.17) is 5.11 Å². The molecule has 176 valence electrons. The summed E-state index contributed by atoms with van der Waals surface area (Å²) in [5.74, 6) is -0.655. The van der Waals surface area contributed by atoms with E-state index in [-0.39, 0.29) is 31.2 Å². The van der Waals surface area contributed by atoms with Crippen LogP contribution in [0.1, 0.15) is 43.5 Å². The largest absolute Gasteiger partial charge is 0.481 e. The molecule has 0 fully saturated rings. The number of hydrogen-bond donors (Lipinski definition) is 1. The third-order valence-corrected chi connectivity index (χ3v) is 5.78. The molecule has 3 aromatic heterocycles. The highest BCUT2D eigenvalue weighted by atomic mass is 19.1. The minimum Gasteiger partial charge on any atom is -0.481 e. The first kappa shape index (κ1) is 23.1. The van der Waals surface area contributed by atoms with Gasteiger partial charge in [0.15, 0.2) is 11.6 Å². The van der Waals surface area contributed by atoms with E-state index in [2.05, 4.69) is 24.9 Å². The maximum absolute atomic E-state index is 14.4. The summed E-state index contributed by atoms with van der Waals surface area (Å²) < 4.78 is 14.4. The number of carbonyl (C=O) groups is 2. The summed E-state index contributed by atoms with van der Waals surface area (Å²) in [6.45, 7) is 2.51. The fraction of sp³-hybridized carbons (Fsp3) is 0.348. The van der Waals surface area contributed by atoms with E-state index in [1.54, 1.807) is 30.7 Å². The molecule has 34 heavy (non-hydrogen) atoms. The van der Waals surface area contributed by atoms with Gasteiger partial charge in [0.1, 0.15) is 5.82 Å². The molecule has 1 atom stereocenters. The molecule has 0 aromatic carbocycles. The number of carboxylic acids is 1. The average Bonchev–Trinajstić information content (AvgIpc) is 2.83. The van der Waals surface area contributed by atoms with E-state index in [0.29, 0.717) is 36.1 Å². The molecular weight excluding hydrogens is 441 g/mol. The van der Waals surface area contributed by atoms with E-state index < -0.39 is 11.9 Å². The van der Waals surface area contributed by atoms with Gasteiger partial charge in [-0.1, -0.05) is 0 Å². The normalized spacial score (nSPS) is 15.0. The summed E-state index contributed by atoms with van der Waals surface area (Å²) in [4.78, 5) is 47.9. The molecule has 4 rings (SSSR count). The molecule has 1 N–H and O–H groups in total. The molecule has 0 spiro atoms. The van der Waals surface area contributed by atoms with Gasteiger partial charge in [-0.15, -0.1) is 0 Å². The SMILES string of the molecule is CC1c2cnc(-c3ncccn3)nc2CCN1c1cc(N(C)C(=O)CCCC(=O)O)cc(F)n1. The van der Waals surface area contributed by atoms with Crippen molar-refractivity contribution in [3.63, 3.8) is 0 Å². The van der Waals surface area contributed by atoms with E-state index in [1.807, 2.05) is 11.8 Å². The zero-order valence-corrected chi connectivity index (χ0v) is 18.8. The molecule has 1 unspecified atom stereocenters. The van der Waals surface area contributed by atoms with Crippen LogP contribution in [0.4, 0.5) is 15.9 Å². The number of hydrogen-bond acceptors (Lipinski definition) is 8. The number of fused-ring (bicyclic) bond motifs is 1. The number of halogens is 1. The predicted molar refractivity (Wildman–Crippen MR) is 122 cm³/mol. The van der Waals surface area contributed by atoms with Gasteiger partial charge < -0.3 is 14.9 Å². The van der Waals surface area contributed by atoms with Crippen LogP contribution < -0.4 is 9.80 Å². The molecule has 11 heteroatoms. The molecule has 0 saturated heterocycles. The Morgan fingerprint density at radius 2 is 1.91 bits per heavy atom. The Labute approximate surface area is 195 Å². The molecule has 0 radical (unpaired) electrons. The summed E-state index contributed by atoms with van der Waals surface area (Å²) in [5.41, 5.74) is 2.13. The summed E-state index contributed by atoms with van der Waals surface area (Å²) in [5, 5.41) is 8.76. The van der Waals surface area contributed by atoms with Crippen molar-refractivity contribution >= 4 is 23.4 Å². The first-order chi connectivity index (χ1) is 16.3. The van der Waals surface area contributed by atoms with Crippen molar-refractivity contribution in [3.05, 3.63) is 54.0 Å². The highest BCUT2D eigenvalue weighted by Crippen LogP contribution is 2.33. The van der Waals surface area contributed by atoms with Crippen molar-refractivity contribution in [2.75, 3.05) is 23.4 Å². The van der Waals surface area contributed by atoms with Crippen molar-refractivity contribution < 1.29 is 19.1 Å². The molecular formula is C23H24FN7O3. The predicted octanol–water partition coefficient (Wildman–Crippen LogP) is 2.81. The van der Waals surface area contributed by atoms with Gasteiger partial charge in [0.05, 0.1) is 17.4 Å². The van der Waals surface area contributed by atoms with Crippen LogP contribution in [0.2, 0.25) is 0 Å². The van der Waals surface area contributed by atoms with Crippen LogP contribution in [0.3, 0.4) is 0 Å². The number of aromatic nitrogens is 5. The monoisotopic (exact) mass is 465 g/mol. The lowest BCUT2D eigenvalue weighted by molar-refractivity contribution is -0.137. The van der Waals surface area contributed by atoms with E-state index in [0.717, 1.165) is 11.3 Å². The van der Waals surface area contributed by atoms with Gasteiger partial charge in [0.25, 0.3) is 0 Å². The quantitative estimate of drug-likeness (QED) is 0.524. The second-order valence-corrected chi connectivity index (χ2v) is 7.99. The molecule has 1 amide bonds. The number of nitrogens with zero attached hydrogens (tertiary/aromatic N) is 7. The lowest BCUT2D eigenvalue weighted by Gasteiger charge is -2.35. The van der Waals surface area contributed by atoms with Crippen molar-refractivity contribution in [2.45, 2.75) is 38.6 Å². The lowest BCUT2D eigenvalue weighted by atomic mass is 9.99. The van der Waals surface area contributed by atoms with Crippen LogP contribution in [0, 0.1) is 5.95 Å². The molecule has 10 nitrogen and oxygen atoms in total. The summed E-state index contributed by atoms with van der Waals surface area (Å²) >= 11 is 0. The van der Waals surface area contributed by atoms with Gasteiger partial charge in [0, 0.05) is 69.1 Å². The number of anilines is 2. The maximum Gasteiger partial charge on any atom is 0.303 e. The van der Waals surface area contributed by atoms with E-state index >= 15 is 0 Å². The molecule has 1 aliphatic heterocycles. The Morgan fingerprint density at radius 1 is 1.15 bits per heavy atom. The molecule has 4 heterocycles. The lowest BCUT2D eigenvalue weighted by Crippen LogP contribution is -2.36. The first-order valence-corrected chi connectivity index (χ1v) is 10.9. The van der Waals surface area contributed by atoms with Gasteiger partial charge in [-0.05, 0) is 19.4 Å².